The van der Waals surface area contributed by atoms with Gasteiger partial charge in [-0.25, -0.2) is 9.78 Å². The second kappa shape index (κ2) is 3.97. The highest BCUT2D eigenvalue weighted by Gasteiger charge is 2.37. The zero-order valence-corrected chi connectivity index (χ0v) is 9.25. The van der Waals surface area contributed by atoms with Gasteiger partial charge in [0.2, 0.25) is 0 Å². The van der Waals surface area contributed by atoms with Gasteiger partial charge >= 0.3 is 12.1 Å². The van der Waals surface area contributed by atoms with Crippen LogP contribution in [0.1, 0.15) is 21.6 Å². The van der Waals surface area contributed by atoms with Crippen LogP contribution in [-0.2, 0) is 6.18 Å². The minimum Gasteiger partial charge on any atom is -0.478 e. The number of benzene rings is 1. The first-order valence-electron chi connectivity index (χ1n) is 5.01. The van der Waals surface area contributed by atoms with Crippen molar-refractivity contribution in [2.75, 3.05) is 0 Å². The molecule has 94 valence electrons. The molecule has 0 spiro atoms. The van der Waals surface area contributed by atoms with Crippen molar-refractivity contribution in [1.82, 2.24) is 4.98 Å². The van der Waals surface area contributed by atoms with Crippen LogP contribution < -0.4 is 0 Å². The topological polar surface area (TPSA) is 50.2 Å². The number of carboxylic acid groups (broad SMARTS) is 1. The number of aromatic carboxylic acids is 1. The molecule has 3 nitrogen and oxygen atoms in total. The second-order valence-electron chi connectivity index (χ2n) is 3.88. The summed E-state index contributed by atoms with van der Waals surface area (Å²) in [5, 5.41) is 9.19. The summed E-state index contributed by atoms with van der Waals surface area (Å²) in [7, 11) is 0. The Morgan fingerprint density at radius 3 is 2.50 bits per heavy atom. The number of carbonyl (C=O) groups is 1. The third-order valence-corrected chi connectivity index (χ3v) is 2.47. The molecule has 0 aliphatic heterocycles. The fraction of sp³-hybridized carbons (Fsp3) is 0.167. The molecule has 0 saturated carbocycles. The lowest BCUT2D eigenvalue weighted by molar-refractivity contribution is -0.141. The van der Waals surface area contributed by atoms with E-state index < -0.39 is 23.4 Å². The number of hydrogen-bond acceptors (Lipinski definition) is 2. The first kappa shape index (κ1) is 12.3. The highest BCUT2D eigenvalue weighted by atomic mass is 19.4. The zero-order chi connectivity index (χ0) is 13.5. The van der Waals surface area contributed by atoms with Crippen LogP contribution in [0.2, 0.25) is 0 Å². The Hall–Kier alpha value is -2.11. The molecule has 1 aromatic heterocycles. The molecule has 0 aliphatic rings. The summed E-state index contributed by atoms with van der Waals surface area (Å²) in [6.07, 6.45) is -4.78. The average molecular weight is 255 g/mol. The molecular formula is C12H8F3NO2. The van der Waals surface area contributed by atoms with E-state index in [-0.39, 0.29) is 5.52 Å². The highest BCUT2D eigenvalue weighted by Crippen LogP contribution is 2.32. The Morgan fingerprint density at radius 2 is 1.94 bits per heavy atom. The fourth-order valence-electron chi connectivity index (χ4n) is 1.68. The first-order chi connectivity index (χ1) is 8.29. The molecule has 0 amide bonds. The van der Waals surface area contributed by atoms with E-state index in [9.17, 15) is 18.0 Å². The largest absolute Gasteiger partial charge is 0.478 e. The van der Waals surface area contributed by atoms with Gasteiger partial charge in [-0.2, -0.15) is 13.2 Å². The number of pyridine rings is 1. The van der Waals surface area contributed by atoms with Gasteiger partial charge in [0.25, 0.3) is 0 Å². The summed E-state index contributed by atoms with van der Waals surface area (Å²) in [5.74, 6) is -1.64. The van der Waals surface area contributed by atoms with Crippen LogP contribution in [0.3, 0.4) is 0 Å². The van der Waals surface area contributed by atoms with Gasteiger partial charge in [0.1, 0.15) is 0 Å². The lowest BCUT2D eigenvalue weighted by atomic mass is 10.1. The molecule has 18 heavy (non-hydrogen) atoms. The molecule has 1 heterocycles. The number of rotatable bonds is 1. The predicted molar refractivity (Wildman–Crippen MR) is 58.4 cm³/mol. The van der Waals surface area contributed by atoms with E-state index >= 15 is 0 Å². The maximum atomic E-state index is 12.7. The molecule has 6 heteroatoms. The Bertz CT molecular complexity index is 635. The zero-order valence-electron chi connectivity index (χ0n) is 9.25. The van der Waals surface area contributed by atoms with Crippen molar-refractivity contribution in [2.45, 2.75) is 13.1 Å². The van der Waals surface area contributed by atoms with Gasteiger partial charge in [0.05, 0.1) is 11.1 Å². The summed E-state index contributed by atoms with van der Waals surface area (Å²) in [6.45, 7) is 1.76. The van der Waals surface area contributed by atoms with E-state index in [1.165, 1.54) is 6.07 Å². The molecule has 0 unspecified atom stereocenters. The Morgan fingerprint density at radius 1 is 1.28 bits per heavy atom. The van der Waals surface area contributed by atoms with Gasteiger partial charge in [-0.05, 0) is 25.1 Å². The standard InChI is InChI=1S/C12H8F3NO2/c1-6-2-3-9-7(4-6)5-8(11(17)18)10(16-9)12(13,14)15/h2-5H,1H3,(H,17,18). The van der Waals surface area contributed by atoms with Gasteiger partial charge < -0.3 is 5.11 Å². The molecule has 0 atom stereocenters. The average Bonchev–Trinajstić information content (AvgIpc) is 2.25. The molecule has 1 aromatic carbocycles. The van der Waals surface area contributed by atoms with Crippen LogP contribution in [0, 0.1) is 6.92 Å². The van der Waals surface area contributed by atoms with Crippen molar-refractivity contribution in [3.8, 4) is 0 Å². The molecule has 0 bridgehead atoms. The van der Waals surface area contributed by atoms with Gasteiger partial charge in [0, 0.05) is 5.39 Å². The summed E-state index contributed by atoms with van der Waals surface area (Å²) in [4.78, 5) is 14.3. The molecule has 0 radical (unpaired) electrons. The van der Waals surface area contributed by atoms with Crippen LogP contribution in [-0.4, -0.2) is 16.1 Å². The van der Waals surface area contributed by atoms with Crippen LogP contribution in [0.25, 0.3) is 10.9 Å². The third kappa shape index (κ3) is 2.13. The van der Waals surface area contributed by atoms with Crippen LogP contribution in [0.4, 0.5) is 13.2 Å². The quantitative estimate of drug-likeness (QED) is 0.850. The maximum absolute atomic E-state index is 12.7. The summed E-state index contributed by atoms with van der Waals surface area (Å²) in [6, 6.07) is 5.65. The summed E-state index contributed by atoms with van der Waals surface area (Å²) < 4.78 is 38.1. The fourth-order valence-corrected chi connectivity index (χ4v) is 1.68. The van der Waals surface area contributed by atoms with E-state index in [0.29, 0.717) is 5.39 Å². The molecule has 2 aromatic rings. The molecule has 0 aliphatic carbocycles. The number of hydrogen-bond donors (Lipinski definition) is 1. The minimum absolute atomic E-state index is 0.123. The van der Waals surface area contributed by atoms with Crippen LogP contribution in [0.5, 0.6) is 0 Å². The van der Waals surface area contributed by atoms with E-state index in [0.717, 1.165) is 11.6 Å². The first-order valence-corrected chi connectivity index (χ1v) is 5.01. The SMILES string of the molecule is Cc1ccc2nc(C(F)(F)F)c(C(=O)O)cc2c1. The number of carboxylic acids is 1. The lowest BCUT2D eigenvalue weighted by Crippen LogP contribution is -2.15. The van der Waals surface area contributed by atoms with E-state index in [1.807, 2.05) is 0 Å². The van der Waals surface area contributed by atoms with Crippen LogP contribution >= 0.6 is 0 Å². The normalized spacial score (nSPS) is 11.8. The lowest BCUT2D eigenvalue weighted by Gasteiger charge is -2.10. The van der Waals surface area contributed by atoms with Gasteiger partial charge in [-0.15, -0.1) is 0 Å². The number of aryl methyl sites for hydroxylation is 1. The van der Waals surface area contributed by atoms with Crippen LogP contribution in [0.15, 0.2) is 24.3 Å². The molecule has 0 saturated heterocycles. The Kier molecular flexibility index (Phi) is 2.73. The number of aromatic nitrogens is 1. The van der Waals surface area contributed by atoms with Gasteiger partial charge in [-0.1, -0.05) is 11.6 Å². The number of alkyl halides is 3. The van der Waals surface area contributed by atoms with E-state index in [4.69, 9.17) is 5.11 Å². The van der Waals surface area contributed by atoms with Gasteiger partial charge in [0.15, 0.2) is 5.69 Å². The van der Waals surface area contributed by atoms with Crippen molar-refractivity contribution < 1.29 is 23.1 Å². The summed E-state index contributed by atoms with van der Waals surface area (Å²) >= 11 is 0. The Balaban J connectivity index is 2.81. The van der Waals surface area contributed by atoms with Crippen molar-refractivity contribution in [3.05, 3.63) is 41.1 Å². The molecule has 1 N–H and O–H groups in total. The molecule has 2 rings (SSSR count). The van der Waals surface area contributed by atoms with Crippen molar-refractivity contribution in [2.24, 2.45) is 0 Å². The molecule has 0 fully saturated rings. The summed E-state index contributed by atoms with van der Waals surface area (Å²) in [5.41, 5.74) is -1.26. The number of fused-ring (bicyclic) bond motifs is 1. The van der Waals surface area contributed by atoms with Crippen molar-refractivity contribution in [1.29, 1.82) is 0 Å². The van der Waals surface area contributed by atoms with E-state index in [1.54, 1.807) is 19.1 Å². The second-order valence-corrected chi connectivity index (χ2v) is 3.88. The smallest absolute Gasteiger partial charge is 0.434 e. The van der Waals surface area contributed by atoms with E-state index in [2.05, 4.69) is 4.98 Å². The minimum atomic E-state index is -4.78. The highest BCUT2D eigenvalue weighted by molar-refractivity contribution is 5.94. The van der Waals surface area contributed by atoms with Crippen molar-refractivity contribution >= 4 is 16.9 Å². The van der Waals surface area contributed by atoms with Gasteiger partial charge in [-0.3, -0.25) is 0 Å². The Labute approximate surface area is 99.9 Å². The maximum Gasteiger partial charge on any atom is 0.434 e. The number of halogens is 3. The predicted octanol–water partition coefficient (Wildman–Crippen LogP) is 3.26. The monoisotopic (exact) mass is 255 g/mol. The molecular weight excluding hydrogens is 247 g/mol. The number of nitrogens with zero attached hydrogens (tertiary/aromatic N) is 1. The third-order valence-electron chi connectivity index (χ3n) is 2.47. The van der Waals surface area contributed by atoms with Crippen molar-refractivity contribution in [3.63, 3.8) is 0 Å².